The van der Waals surface area contributed by atoms with Gasteiger partial charge in [-0.05, 0) is 51.3 Å². The molecule has 5 nitrogen and oxygen atoms in total. The van der Waals surface area contributed by atoms with Crippen LogP contribution in [0.3, 0.4) is 0 Å². The van der Waals surface area contributed by atoms with Crippen LogP contribution in [0.4, 0.5) is 4.79 Å². The molecule has 0 aromatic heterocycles. The molecule has 2 fully saturated rings. The molecule has 0 saturated carbocycles. The Hall–Kier alpha value is -1.59. The van der Waals surface area contributed by atoms with Crippen LogP contribution in [0.15, 0.2) is 18.2 Å². The number of piperidine rings is 1. The van der Waals surface area contributed by atoms with E-state index in [1.165, 1.54) is 0 Å². The summed E-state index contributed by atoms with van der Waals surface area (Å²) in [5.41, 5.74) is 1.70. The summed E-state index contributed by atoms with van der Waals surface area (Å²) in [5.74, 6) is 0. The molecule has 2 heterocycles. The molecule has 3 rings (SSSR count). The highest BCUT2D eigenvalue weighted by atomic mass is 16.6. The zero-order valence-corrected chi connectivity index (χ0v) is 15.8. The number of nitrogens with zero attached hydrogens (tertiary/aromatic N) is 1. The number of rotatable bonds is 1. The number of carbonyl (C=O) groups is 1. The lowest BCUT2D eigenvalue weighted by Gasteiger charge is -2.52. The van der Waals surface area contributed by atoms with E-state index in [0.29, 0.717) is 26.1 Å². The lowest BCUT2D eigenvalue weighted by Crippen LogP contribution is -2.63. The van der Waals surface area contributed by atoms with Gasteiger partial charge in [-0.1, -0.05) is 18.2 Å². The van der Waals surface area contributed by atoms with E-state index < -0.39 is 11.2 Å². The highest BCUT2D eigenvalue weighted by Crippen LogP contribution is 2.43. The standard InChI is InChI=1S/C20H29NO4/c1-13-7-6-8-14(2)17(13)20(23)9-15-11-24-12-16(10-20)21(15)18(22)25-19(3,4)5/h6-8,15-16,23H,9-12H2,1-5H3. The van der Waals surface area contributed by atoms with Crippen LogP contribution in [0.2, 0.25) is 0 Å². The van der Waals surface area contributed by atoms with Crippen LogP contribution in [0.1, 0.15) is 50.3 Å². The molecule has 1 aromatic rings. The maximum Gasteiger partial charge on any atom is 0.410 e. The van der Waals surface area contributed by atoms with Crippen molar-refractivity contribution in [3.8, 4) is 0 Å². The van der Waals surface area contributed by atoms with E-state index >= 15 is 0 Å². The first-order valence-electron chi connectivity index (χ1n) is 8.99. The van der Waals surface area contributed by atoms with Crippen molar-refractivity contribution in [3.05, 3.63) is 34.9 Å². The topological polar surface area (TPSA) is 59.0 Å². The summed E-state index contributed by atoms with van der Waals surface area (Å²) in [5, 5.41) is 11.5. The number of ether oxygens (including phenoxy) is 2. The molecule has 0 radical (unpaired) electrons. The normalized spacial score (nSPS) is 29.4. The van der Waals surface area contributed by atoms with E-state index in [1.54, 1.807) is 4.90 Å². The third kappa shape index (κ3) is 3.53. The van der Waals surface area contributed by atoms with Gasteiger partial charge in [0.25, 0.3) is 0 Å². The minimum absolute atomic E-state index is 0.175. The number of hydrogen-bond acceptors (Lipinski definition) is 4. The molecule has 5 heteroatoms. The van der Waals surface area contributed by atoms with Crippen molar-refractivity contribution in [2.45, 2.75) is 70.7 Å². The zero-order chi connectivity index (χ0) is 18.4. The summed E-state index contributed by atoms with van der Waals surface area (Å²) in [6.45, 7) is 10.5. The second kappa shape index (κ2) is 6.29. The molecule has 2 atom stereocenters. The Bertz CT molecular complexity index is 630. The predicted molar refractivity (Wildman–Crippen MR) is 95.5 cm³/mol. The Kier molecular flexibility index (Phi) is 4.58. The van der Waals surface area contributed by atoms with Gasteiger partial charge in [-0.25, -0.2) is 4.79 Å². The lowest BCUT2D eigenvalue weighted by atomic mass is 9.74. The van der Waals surface area contributed by atoms with E-state index in [0.717, 1.165) is 16.7 Å². The highest BCUT2D eigenvalue weighted by molar-refractivity contribution is 5.69. The molecule has 1 N–H and O–H groups in total. The van der Waals surface area contributed by atoms with Crippen LogP contribution in [0.25, 0.3) is 0 Å². The molecule has 2 unspecified atom stereocenters. The van der Waals surface area contributed by atoms with Gasteiger partial charge in [-0.15, -0.1) is 0 Å². The first kappa shape index (κ1) is 18.2. The van der Waals surface area contributed by atoms with Crippen LogP contribution < -0.4 is 0 Å². The highest BCUT2D eigenvalue weighted by Gasteiger charge is 2.50. The fourth-order valence-electron chi connectivity index (χ4n) is 4.34. The molecule has 25 heavy (non-hydrogen) atoms. The molecule has 2 saturated heterocycles. The SMILES string of the molecule is Cc1cccc(C)c1C1(O)CC2COCC(C1)N2C(=O)OC(C)(C)C. The number of hydrogen-bond donors (Lipinski definition) is 1. The maximum absolute atomic E-state index is 12.7. The molecular formula is C20H29NO4. The molecule has 0 aliphatic carbocycles. The minimum atomic E-state index is -0.937. The minimum Gasteiger partial charge on any atom is -0.444 e. The van der Waals surface area contributed by atoms with Gasteiger partial charge in [-0.3, -0.25) is 4.90 Å². The van der Waals surface area contributed by atoms with Crippen molar-refractivity contribution in [1.82, 2.24) is 4.90 Å². The summed E-state index contributed by atoms with van der Waals surface area (Å²) in [7, 11) is 0. The number of aliphatic hydroxyl groups is 1. The molecule has 0 spiro atoms. The summed E-state index contributed by atoms with van der Waals surface area (Å²) in [6, 6.07) is 5.73. The maximum atomic E-state index is 12.7. The second-order valence-corrected chi connectivity index (χ2v) is 8.44. The fourth-order valence-corrected chi connectivity index (χ4v) is 4.34. The van der Waals surface area contributed by atoms with Crippen molar-refractivity contribution >= 4 is 6.09 Å². The molecule has 2 aliphatic rings. The van der Waals surface area contributed by atoms with E-state index in [1.807, 2.05) is 52.8 Å². The number of amides is 1. The molecule has 2 aliphatic heterocycles. The van der Waals surface area contributed by atoms with Gasteiger partial charge in [0.15, 0.2) is 0 Å². The largest absolute Gasteiger partial charge is 0.444 e. The summed E-state index contributed by atoms with van der Waals surface area (Å²) < 4.78 is 11.3. The van der Waals surface area contributed by atoms with E-state index in [2.05, 4.69) is 0 Å². The Balaban J connectivity index is 1.90. The Morgan fingerprint density at radius 2 is 1.72 bits per heavy atom. The number of morpholine rings is 1. The average Bonchev–Trinajstić information content (AvgIpc) is 2.43. The summed E-state index contributed by atoms with van der Waals surface area (Å²) >= 11 is 0. The van der Waals surface area contributed by atoms with Gasteiger partial charge < -0.3 is 14.6 Å². The number of carbonyl (C=O) groups excluding carboxylic acids is 1. The first-order chi connectivity index (χ1) is 11.6. The quantitative estimate of drug-likeness (QED) is 0.847. The zero-order valence-electron chi connectivity index (χ0n) is 15.8. The Labute approximate surface area is 149 Å². The second-order valence-electron chi connectivity index (χ2n) is 8.44. The predicted octanol–water partition coefficient (Wildman–Crippen LogP) is 3.29. The van der Waals surface area contributed by atoms with Crippen LogP contribution in [-0.2, 0) is 15.1 Å². The van der Waals surface area contributed by atoms with Crippen molar-refractivity contribution in [3.63, 3.8) is 0 Å². The summed E-state index contributed by atoms with van der Waals surface area (Å²) in [6.07, 6.45) is 0.623. The van der Waals surface area contributed by atoms with Gasteiger partial charge in [0.2, 0.25) is 0 Å². The lowest BCUT2D eigenvalue weighted by molar-refractivity contribution is -0.141. The Morgan fingerprint density at radius 3 is 2.20 bits per heavy atom. The van der Waals surface area contributed by atoms with Crippen LogP contribution in [0, 0.1) is 13.8 Å². The van der Waals surface area contributed by atoms with E-state index in [-0.39, 0.29) is 18.2 Å². The van der Waals surface area contributed by atoms with Gasteiger partial charge in [0, 0.05) is 12.8 Å². The third-order valence-corrected chi connectivity index (χ3v) is 5.10. The first-order valence-corrected chi connectivity index (χ1v) is 8.99. The molecular weight excluding hydrogens is 318 g/mol. The van der Waals surface area contributed by atoms with E-state index in [9.17, 15) is 9.90 Å². The summed E-state index contributed by atoms with van der Waals surface area (Å²) in [4.78, 5) is 14.5. The molecule has 2 bridgehead atoms. The van der Waals surface area contributed by atoms with Crippen molar-refractivity contribution < 1.29 is 19.4 Å². The van der Waals surface area contributed by atoms with E-state index in [4.69, 9.17) is 9.47 Å². The van der Waals surface area contributed by atoms with Gasteiger partial charge in [0.05, 0.1) is 30.9 Å². The van der Waals surface area contributed by atoms with Gasteiger partial charge >= 0.3 is 6.09 Å². The van der Waals surface area contributed by atoms with Crippen molar-refractivity contribution in [1.29, 1.82) is 0 Å². The van der Waals surface area contributed by atoms with Crippen molar-refractivity contribution in [2.75, 3.05) is 13.2 Å². The molecule has 1 amide bonds. The van der Waals surface area contributed by atoms with Crippen molar-refractivity contribution in [2.24, 2.45) is 0 Å². The molecule has 138 valence electrons. The number of fused-ring (bicyclic) bond motifs is 2. The van der Waals surface area contributed by atoms with Crippen LogP contribution in [0.5, 0.6) is 0 Å². The van der Waals surface area contributed by atoms with Gasteiger partial charge in [-0.2, -0.15) is 0 Å². The fraction of sp³-hybridized carbons (Fsp3) is 0.650. The third-order valence-electron chi connectivity index (χ3n) is 5.10. The monoisotopic (exact) mass is 347 g/mol. The molecule has 1 aromatic carbocycles. The number of benzene rings is 1. The number of aryl methyl sites for hydroxylation is 2. The van der Waals surface area contributed by atoms with Gasteiger partial charge in [0.1, 0.15) is 5.60 Å². The average molecular weight is 347 g/mol. The van der Waals surface area contributed by atoms with Crippen LogP contribution >= 0.6 is 0 Å². The van der Waals surface area contributed by atoms with Crippen LogP contribution in [-0.4, -0.2) is 47.0 Å². The Morgan fingerprint density at radius 1 is 1.20 bits per heavy atom. The smallest absolute Gasteiger partial charge is 0.410 e.